The van der Waals surface area contributed by atoms with Crippen LogP contribution in [-0.2, 0) is 4.79 Å². The lowest BCUT2D eigenvalue weighted by molar-refractivity contribution is -0.121. The van der Waals surface area contributed by atoms with Crippen LogP contribution >= 0.6 is 0 Å². The molecule has 0 bridgehead atoms. The normalized spacial score (nSPS) is 15.1. The maximum absolute atomic E-state index is 11.8. The Bertz CT molecular complexity index is 246. The first-order valence-corrected chi connectivity index (χ1v) is 7.80. The van der Waals surface area contributed by atoms with Crippen LogP contribution < -0.4 is 11.1 Å². The third kappa shape index (κ3) is 11.0. The summed E-state index contributed by atoms with van der Waals surface area (Å²) in [6.45, 7) is 11.7. The van der Waals surface area contributed by atoms with Crippen LogP contribution in [0.4, 0.5) is 0 Å². The van der Waals surface area contributed by atoms with Crippen LogP contribution in [0.1, 0.15) is 73.1 Å². The van der Waals surface area contributed by atoms with Crippen molar-refractivity contribution in [3.8, 4) is 0 Å². The molecule has 3 heteroatoms. The summed E-state index contributed by atoms with van der Waals surface area (Å²) in [5.74, 6) is 0.717. The van der Waals surface area contributed by atoms with Crippen molar-refractivity contribution < 1.29 is 4.79 Å². The average Bonchev–Trinajstić information content (AvgIpc) is 2.26. The molecule has 0 rings (SSSR count). The van der Waals surface area contributed by atoms with Crippen molar-refractivity contribution in [2.45, 2.75) is 79.2 Å². The lowest BCUT2D eigenvalue weighted by Crippen LogP contribution is -2.36. The van der Waals surface area contributed by atoms with Crippen LogP contribution in [0.2, 0.25) is 0 Å². The molecule has 0 aliphatic heterocycles. The summed E-state index contributed by atoms with van der Waals surface area (Å²) >= 11 is 0. The van der Waals surface area contributed by atoms with Crippen molar-refractivity contribution in [1.29, 1.82) is 0 Å². The minimum Gasteiger partial charge on any atom is -0.356 e. The van der Waals surface area contributed by atoms with Crippen LogP contribution in [0.3, 0.4) is 0 Å². The minimum atomic E-state index is -0.0317. The van der Waals surface area contributed by atoms with E-state index >= 15 is 0 Å². The highest BCUT2D eigenvalue weighted by molar-refractivity contribution is 5.76. The standard InChI is InChI=1S/C16H34N2O/c1-6-8-9-13(7-2)12-18-15(19)10-14(17)11-16(3,4)5/h13-14H,6-12,17H2,1-5H3,(H,18,19). The molecule has 0 aromatic heterocycles. The van der Waals surface area contributed by atoms with Crippen molar-refractivity contribution >= 4 is 5.91 Å². The molecule has 114 valence electrons. The number of carbonyl (C=O) groups is 1. The summed E-state index contributed by atoms with van der Waals surface area (Å²) in [4.78, 5) is 11.8. The van der Waals surface area contributed by atoms with Crippen molar-refractivity contribution in [3.63, 3.8) is 0 Å². The highest BCUT2D eigenvalue weighted by Crippen LogP contribution is 2.21. The second-order valence-electron chi connectivity index (χ2n) is 6.95. The first-order valence-electron chi connectivity index (χ1n) is 7.80. The Morgan fingerprint density at radius 3 is 2.37 bits per heavy atom. The van der Waals surface area contributed by atoms with Gasteiger partial charge in [0.05, 0.1) is 0 Å². The van der Waals surface area contributed by atoms with Gasteiger partial charge in [-0.3, -0.25) is 4.79 Å². The second-order valence-corrected chi connectivity index (χ2v) is 6.95. The van der Waals surface area contributed by atoms with E-state index in [9.17, 15) is 4.79 Å². The van der Waals surface area contributed by atoms with Crippen LogP contribution in [-0.4, -0.2) is 18.5 Å². The zero-order chi connectivity index (χ0) is 14.9. The SMILES string of the molecule is CCCCC(CC)CNC(=O)CC(N)CC(C)(C)C. The number of hydrogen-bond acceptors (Lipinski definition) is 2. The first-order chi connectivity index (χ1) is 8.78. The fourth-order valence-electron chi connectivity index (χ4n) is 2.37. The molecule has 3 nitrogen and oxygen atoms in total. The number of nitrogens with one attached hydrogen (secondary N) is 1. The number of carbonyl (C=O) groups excluding carboxylic acids is 1. The van der Waals surface area contributed by atoms with Crippen LogP contribution in [0.15, 0.2) is 0 Å². The number of hydrogen-bond donors (Lipinski definition) is 2. The molecule has 0 saturated heterocycles. The molecule has 0 radical (unpaired) electrons. The Kier molecular flexibility index (Phi) is 9.07. The van der Waals surface area contributed by atoms with E-state index in [4.69, 9.17) is 5.73 Å². The third-order valence-corrected chi connectivity index (χ3v) is 3.45. The van der Waals surface area contributed by atoms with Gasteiger partial charge in [0.1, 0.15) is 0 Å². The van der Waals surface area contributed by atoms with E-state index < -0.39 is 0 Å². The molecule has 0 spiro atoms. The lowest BCUT2D eigenvalue weighted by Gasteiger charge is -2.23. The van der Waals surface area contributed by atoms with E-state index in [0.29, 0.717) is 12.3 Å². The lowest BCUT2D eigenvalue weighted by atomic mass is 9.87. The summed E-state index contributed by atoms with van der Waals surface area (Å²) in [7, 11) is 0. The predicted octanol–water partition coefficient (Wildman–Crippen LogP) is 3.47. The van der Waals surface area contributed by atoms with Crippen molar-refractivity contribution in [2.75, 3.05) is 6.54 Å². The zero-order valence-electron chi connectivity index (χ0n) is 13.6. The maximum atomic E-state index is 11.8. The molecule has 0 heterocycles. The molecule has 3 N–H and O–H groups in total. The van der Waals surface area contributed by atoms with Gasteiger partial charge in [-0.2, -0.15) is 0 Å². The van der Waals surface area contributed by atoms with Gasteiger partial charge in [-0.1, -0.05) is 53.9 Å². The van der Waals surface area contributed by atoms with Gasteiger partial charge in [0, 0.05) is 19.0 Å². The van der Waals surface area contributed by atoms with Gasteiger partial charge in [0.25, 0.3) is 0 Å². The summed E-state index contributed by atoms with van der Waals surface area (Å²) < 4.78 is 0. The molecule has 2 unspecified atom stereocenters. The summed E-state index contributed by atoms with van der Waals surface area (Å²) in [5.41, 5.74) is 6.21. The number of nitrogens with two attached hydrogens (primary N) is 1. The van der Waals surface area contributed by atoms with Crippen molar-refractivity contribution in [1.82, 2.24) is 5.32 Å². The highest BCUT2D eigenvalue weighted by atomic mass is 16.1. The summed E-state index contributed by atoms with van der Waals surface area (Å²) in [6.07, 6.45) is 6.14. The minimum absolute atomic E-state index is 0.0317. The highest BCUT2D eigenvalue weighted by Gasteiger charge is 2.18. The van der Waals surface area contributed by atoms with Gasteiger partial charge in [0.15, 0.2) is 0 Å². The quantitative estimate of drug-likeness (QED) is 0.674. The topological polar surface area (TPSA) is 55.1 Å². The van der Waals surface area contributed by atoms with Crippen LogP contribution in [0, 0.1) is 11.3 Å². The molecular formula is C16H34N2O. The molecule has 0 aromatic carbocycles. The Hall–Kier alpha value is -0.570. The van der Waals surface area contributed by atoms with Gasteiger partial charge in [-0.05, 0) is 24.2 Å². The van der Waals surface area contributed by atoms with Gasteiger partial charge in [-0.15, -0.1) is 0 Å². The molecule has 19 heavy (non-hydrogen) atoms. The Morgan fingerprint density at radius 1 is 1.26 bits per heavy atom. The number of rotatable bonds is 9. The Balaban J connectivity index is 3.90. The van der Waals surface area contributed by atoms with E-state index in [-0.39, 0.29) is 17.4 Å². The number of amides is 1. The van der Waals surface area contributed by atoms with Crippen molar-refractivity contribution in [3.05, 3.63) is 0 Å². The Morgan fingerprint density at radius 2 is 1.89 bits per heavy atom. The van der Waals surface area contributed by atoms with Crippen LogP contribution in [0.25, 0.3) is 0 Å². The van der Waals surface area contributed by atoms with E-state index in [1.165, 1.54) is 19.3 Å². The largest absolute Gasteiger partial charge is 0.356 e. The fraction of sp³-hybridized carbons (Fsp3) is 0.938. The molecule has 1 amide bonds. The summed E-state index contributed by atoms with van der Waals surface area (Å²) in [6, 6.07) is -0.0317. The van der Waals surface area contributed by atoms with Crippen molar-refractivity contribution in [2.24, 2.45) is 17.1 Å². The predicted molar refractivity (Wildman–Crippen MR) is 83.0 cm³/mol. The van der Waals surface area contributed by atoms with Crippen LogP contribution in [0.5, 0.6) is 0 Å². The molecule has 0 aromatic rings. The molecular weight excluding hydrogens is 236 g/mol. The van der Waals surface area contributed by atoms with Gasteiger partial charge >= 0.3 is 0 Å². The smallest absolute Gasteiger partial charge is 0.221 e. The van der Waals surface area contributed by atoms with E-state index in [1.807, 2.05) is 0 Å². The van der Waals surface area contributed by atoms with E-state index in [1.54, 1.807) is 0 Å². The van der Waals surface area contributed by atoms with Gasteiger partial charge in [-0.25, -0.2) is 0 Å². The van der Waals surface area contributed by atoms with Gasteiger partial charge in [0.2, 0.25) is 5.91 Å². The average molecular weight is 270 g/mol. The third-order valence-electron chi connectivity index (χ3n) is 3.45. The zero-order valence-corrected chi connectivity index (χ0v) is 13.6. The molecule has 0 fully saturated rings. The molecule has 0 aliphatic rings. The van der Waals surface area contributed by atoms with E-state index in [2.05, 4.69) is 39.9 Å². The van der Waals surface area contributed by atoms with Gasteiger partial charge < -0.3 is 11.1 Å². The first kappa shape index (κ1) is 18.4. The summed E-state index contributed by atoms with van der Waals surface area (Å²) in [5, 5.41) is 3.04. The van der Waals surface area contributed by atoms with E-state index in [0.717, 1.165) is 19.4 Å². The molecule has 0 aliphatic carbocycles. The molecule has 2 atom stereocenters. The molecule has 0 saturated carbocycles. The maximum Gasteiger partial charge on any atom is 0.221 e. The fourth-order valence-corrected chi connectivity index (χ4v) is 2.37. The Labute approximate surface area is 119 Å². The number of unbranched alkanes of at least 4 members (excludes halogenated alkanes) is 1. The second kappa shape index (κ2) is 9.35. The monoisotopic (exact) mass is 270 g/mol.